The molecule has 2 aliphatic rings. The van der Waals surface area contributed by atoms with E-state index in [4.69, 9.17) is 4.42 Å². The second kappa shape index (κ2) is 7.92. The molecule has 6 nitrogen and oxygen atoms in total. The normalized spacial score (nSPS) is 20.8. The number of hydrogen-bond donors (Lipinski definition) is 1. The molecule has 1 amide bonds. The first kappa shape index (κ1) is 17.7. The summed E-state index contributed by atoms with van der Waals surface area (Å²) in [4.78, 5) is 25.0. The smallest absolute Gasteiger partial charge is 0.240 e. The summed E-state index contributed by atoms with van der Waals surface area (Å²) in [5.74, 6) is 0.390. The van der Waals surface area contributed by atoms with Gasteiger partial charge in [0.15, 0.2) is 11.0 Å². The number of amides is 1. The van der Waals surface area contributed by atoms with Crippen molar-refractivity contribution in [2.24, 2.45) is 10.2 Å². The van der Waals surface area contributed by atoms with E-state index >= 15 is 0 Å². The fraction of sp³-hybridized carbons (Fsp3) is 0.300. The number of benzene rings is 1. The summed E-state index contributed by atoms with van der Waals surface area (Å²) in [6.07, 6.45) is 7.42. The number of furan rings is 1. The summed E-state index contributed by atoms with van der Waals surface area (Å²) >= 11 is 1.24. The van der Waals surface area contributed by atoms with Crippen LogP contribution in [0.1, 0.15) is 46.5 Å². The molecular formula is C20H19N3O3S. The molecule has 0 unspecified atom stereocenters. The standard InChI is InChI=1S/C20H19N3O3S/c24-17(16-9-3-6-13-5-1-2-8-15(13)16)11-18-19(25)22-20(27-18)23-21-12-14-7-4-10-26-14/h3-4,6-7,9-10,12,18H,1-2,5,8,11H2,(H,22,23,25)/t18-/m1/s1. The van der Waals surface area contributed by atoms with Gasteiger partial charge in [-0.3, -0.25) is 9.59 Å². The van der Waals surface area contributed by atoms with Gasteiger partial charge in [0.1, 0.15) is 5.76 Å². The SMILES string of the molecule is O=C(C[C@H]1S/C(=N/N=Cc2ccco2)NC1=O)c1cccc2c1CCCC2. The average molecular weight is 381 g/mol. The van der Waals surface area contributed by atoms with Crippen molar-refractivity contribution < 1.29 is 14.0 Å². The molecule has 1 fully saturated rings. The van der Waals surface area contributed by atoms with Crippen molar-refractivity contribution in [2.45, 2.75) is 37.4 Å². The summed E-state index contributed by atoms with van der Waals surface area (Å²) in [6.45, 7) is 0. The van der Waals surface area contributed by atoms with Crippen molar-refractivity contribution in [1.29, 1.82) is 0 Å². The third-order valence-corrected chi connectivity index (χ3v) is 5.79. The lowest BCUT2D eigenvalue weighted by Gasteiger charge is -2.19. The van der Waals surface area contributed by atoms with Crippen molar-refractivity contribution in [2.75, 3.05) is 0 Å². The van der Waals surface area contributed by atoms with E-state index in [0.717, 1.165) is 30.4 Å². The zero-order chi connectivity index (χ0) is 18.6. The van der Waals surface area contributed by atoms with Crippen LogP contribution in [0.25, 0.3) is 0 Å². The fourth-order valence-electron chi connectivity index (χ4n) is 3.41. The summed E-state index contributed by atoms with van der Waals surface area (Å²) in [6, 6.07) is 9.43. The van der Waals surface area contributed by atoms with Crippen LogP contribution in [0.5, 0.6) is 0 Å². The number of carbonyl (C=O) groups is 2. The first-order valence-corrected chi connectivity index (χ1v) is 9.84. The van der Waals surface area contributed by atoms with Gasteiger partial charge in [0.05, 0.1) is 17.7 Å². The number of ketones is 1. The Kier molecular flexibility index (Phi) is 5.20. The minimum absolute atomic E-state index is 0.0155. The summed E-state index contributed by atoms with van der Waals surface area (Å²) < 4.78 is 5.13. The monoisotopic (exact) mass is 381 g/mol. The van der Waals surface area contributed by atoms with Gasteiger partial charge < -0.3 is 9.73 Å². The molecule has 2 heterocycles. The van der Waals surface area contributed by atoms with Gasteiger partial charge in [-0.05, 0) is 48.9 Å². The highest BCUT2D eigenvalue weighted by Crippen LogP contribution is 2.28. The number of Topliss-reactive ketones (excluding diaryl/α,β-unsaturated/α-hetero) is 1. The Hall–Kier alpha value is -2.67. The molecule has 4 rings (SSSR count). The first-order chi connectivity index (χ1) is 13.2. The molecule has 1 aliphatic carbocycles. The summed E-state index contributed by atoms with van der Waals surface area (Å²) in [5, 5.41) is 10.5. The second-order valence-electron chi connectivity index (χ2n) is 6.54. The number of aryl methyl sites for hydroxylation is 1. The van der Waals surface area contributed by atoms with Gasteiger partial charge in [0.2, 0.25) is 5.91 Å². The minimum atomic E-state index is -0.477. The Bertz CT molecular complexity index is 919. The van der Waals surface area contributed by atoms with E-state index in [-0.39, 0.29) is 18.1 Å². The predicted octanol–water partition coefficient (Wildman–Crippen LogP) is 3.35. The number of nitrogens with one attached hydrogen (secondary N) is 1. The predicted molar refractivity (Wildman–Crippen MR) is 105 cm³/mol. The van der Waals surface area contributed by atoms with Gasteiger partial charge >= 0.3 is 0 Å². The third-order valence-electron chi connectivity index (χ3n) is 4.72. The molecule has 0 bridgehead atoms. The Balaban J connectivity index is 1.42. The zero-order valence-electron chi connectivity index (χ0n) is 14.7. The minimum Gasteiger partial charge on any atom is -0.463 e. The Morgan fingerprint density at radius 2 is 2.15 bits per heavy atom. The number of fused-ring (bicyclic) bond motifs is 1. The number of carbonyl (C=O) groups excluding carboxylic acids is 2. The van der Waals surface area contributed by atoms with Crippen molar-refractivity contribution in [3.63, 3.8) is 0 Å². The van der Waals surface area contributed by atoms with Crippen molar-refractivity contribution in [1.82, 2.24) is 5.32 Å². The van der Waals surface area contributed by atoms with Crippen LogP contribution in [0.3, 0.4) is 0 Å². The van der Waals surface area contributed by atoms with Gasteiger partial charge in [-0.25, -0.2) is 0 Å². The van der Waals surface area contributed by atoms with Crippen LogP contribution in [0.15, 0.2) is 51.2 Å². The van der Waals surface area contributed by atoms with E-state index in [2.05, 4.69) is 21.6 Å². The van der Waals surface area contributed by atoms with E-state index in [1.54, 1.807) is 18.4 Å². The molecule has 0 saturated carbocycles. The summed E-state index contributed by atoms with van der Waals surface area (Å²) in [7, 11) is 0. The molecule has 1 aliphatic heterocycles. The van der Waals surface area contributed by atoms with Gasteiger partial charge in [-0.1, -0.05) is 30.0 Å². The van der Waals surface area contributed by atoms with E-state index in [1.807, 2.05) is 12.1 Å². The maximum atomic E-state index is 12.8. The van der Waals surface area contributed by atoms with Gasteiger partial charge in [-0.15, -0.1) is 5.10 Å². The summed E-state index contributed by atoms with van der Waals surface area (Å²) in [5.41, 5.74) is 3.20. The van der Waals surface area contributed by atoms with Crippen LogP contribution in [-0.2, 0) is 17.6 Å². The zero-order valence-corrected chi connectivity index (χ0v) is 15.5. The average Bonchev–Trinajstić information content (AvgIpc) is 3.31. The number of hydrogen-bond acceptors (Lipinski definition) is 6. The molecule has 0 spiro atoms. The molecule has 1 aromatic heterocycles. The highest BCUT2D eigenvalue weighted by atomic mass is 32.2. The molecule has 138 valence electrons. The maximum absolute atomic E-state index is 12.8. The molecule has 0 radical (unpaired) electrons. The lowest BCUT2D eigenvalue weighted by atomic mass is 9.86. The third kappa shape index (κ3) is 4.03. The second-order valence-corrected chi connectivity index (χ2v) is 7.73. The first-order valence-electron chi connectivity index (χ1n) is 8.97. The molecule has 7 heteroatoms. The van der Waals surface area contributed by atoms with E-state index in [1.165, 1.54) is 30.0 Å². The van der Waals surface area contributed by atoms with Gasteiger partial charge in [0, 0.05) is 12.0 Å². The molecule has 1 N–H and O–H groups in total. The van der Waals surface area contributed by atoms with Crippen LogP contribution in [-0.4, -0.2) is 28.3 Å². The van der Waals surface area contributed by atoms with Crippen molar-refractivity contribution in [3.8, 4) is 0 Å². The Labute approximate surface area is 161 Å². The van der Waals surface area contributed by atoms with E-state index in [9.17, 15) is 9.59 Å². The fourth-order valence-corrected chi connectivity index (χ4v) is 4.33. The molecule has 1 saturated heterocycles. The van der Waals surface area contributed by atoms with Crippen molar-refractivity contribution in [3.05, 3.63) is 59.0 Å². The van der Waals surface area contributed by atoms with E-state index in [0.29, 0.717) is 10.9 Å². The molecule has 2 aromatic rings. The van der Waals surface area contributed by atoms with Crippen LogP contribution >= 0.6 is 11.8 Å². The number of rotatable bonds is 5. The van der Waals surface area contributed by atoms with Gasteiger partial charge in [0.25, 0.3) is 0 Å². The lowest BCUT2D eigenvalue weighted by molar-refractivity contribution is -0.118. The maximum Gasteiger partial charge on any atom is 0.240 e. The van der Waals surface area contributed by atoms with Crippen LogP contribution in [0, 0.1) is 0 Å². The lowest BCUT2D eigenvalue weighted by Crippen LogP contribution is -2.26. The highest BCUT2D eigenvalue weighted by Gasteiger charge is 2.33. The molecular weight excluding hydrogens is 362 g/mol. The van der Waals surface area contributed by atoms with Crippen LogP contribution in [0.2, 0.25) is 0 Å². The topological polar surface area (TPSA) is 84.0 Å². The molecule has 27 heavy (non-hydrogen) atoms. The largest absolute Gasteiger partial charge is 0.463 e. The van der Waals surface area contributed by atoms with Crippen molar-refractivity contribution >= 4 is 34.8 Å². The van der Waals surface area contributed by atoms with E-state index < -0.39 is 5.25 Å². The number of thioether (sulfide) groups is 1. The van der Waals surface area contributed by atoms with Crippen LogP contribution < -0.4 is 5.32 Å². The Morgan fingerprint density at radius 1 is 1.26 bits per heavy atom. The number of nitrogens with zero attached hydrogens (tertiary/aromatic N) is 2. The molecule has 1 aromatic carbocycles. The van der Waals surface area contributed by atoms with Gasteiger partial charge in [-0.2, -0.15) is 5.10 Å². The van der Waals surface area contributed by atoms with Crippen LogP contribution in [0.4, 0.5) is 0 Å². The Morgan fingerprint density at radius 3 is 3.00 bits per heavy atom. The highest BCUT2D eigenvalue weighted by molar-refractivity contribution is 8.15. The number of amidine groups is 1. The molecule has 1 atom stereocenters. The quantitative estimate of drug-likeness (QED) is 0.489.